The molecular weight excluding hydrogens is 574 g/mol. The zero-order chi connectivity index (χ0) is 29.1. The molecule has 0 aliphatic carbocycles. The maximum atomic E-state index is 13.3. The van der Waals surface area contributed by atoms with E-state index in [0.717, 1.165) is 17.7 Å². The maximum Gasteiger partial charge on any atom is 0.416 e. The van der Waals surface area contributed by atoms with Gasteiger partial charge < -0.3 is 15.5 Å². The van der Waals surface area contributed by atoms with E-state index in [0.29, 0.717) is 51.0 Å². The Morgan fingerprint density at radius 3 is 2.39 bits per heavy atom. The summed E-state index contributed by atoms with van der Waals surface area (Å²) >= 11 is 12.1. The topological polar surface area (TPSA) is 61.4 Å². The van der Waals surface area contributed by atoms with Gasteiger partial charge in [-0.2, -0.15) is 13.2 Å². The zero-order valence-corrected chi connectivity index (χ0v) is 23.0. The minimum atomic E-state index is -4.48. The van der Waals surface area contributed by atoms with E-state index in [1.54, 1.807) is 60.7 Å². The van der Waals surface area contributed by atoms with Crippen LogP contribution in [0.25, 0.3) is 0 Å². The zero-order valence-electron chi connectivity index (χ0n) is 21.5. The number of halogens is 5. The van der Waals surface area contributed by atoms with Crippen LogP contribution in [0.2, 0.25) is 10.0 Å². The molecule has 5 nitrogen and oxygen atoms in total. The molecule has 0 bridgehead atoms. The van der Waals surface area contributed by atoms with Gasteiger partial charge in [0.25, 0.3) is 11.8 Å². The number of nitrogens with zero attached hydrogens (tertiary/aromatic N) is 1. The summed E-state index contributed by atoms with van der Waals surface area (Å²) < 4.78 is 39.8. The number of carbonyl (C=O) groups is 2. The van der Waals surface area contributed by atoms with Crippen LogP contribution < -0.4 is 10.6 Å². The van der Waals surface area contributed by atoms with Crippen molar-refractivity contribution in [2.75, 3.05) is 11.9 Å². The number of hydrogen-bond donors (Lipinski definition) is 2. The largest absolute Gasteiger partial charge is 0.416 e. The van der Waals surface area contributed by atoms with Crippen LogP contribution in [0.3, 0.4) is 0 Å². The van der Waals surface area contributed by atoms with E-state index < -0.39 is 17.9 Å². The SMILES string of the molecule is O=C(NCCc1ccc(Cl)cc1Cl)c1ccc(NC2c3ccccc3C(=O)N2Cc2cccc(C(F)(F)F)c2)cc1. The third-order valence-corrected chi connectivity index (χ3v) is 7.40. The third-order valence-electron chi connectivity index (χ3n) is 6.81. The summed E-state index contributed by atoms with van der Waals surface area (Å²) in [5.41, 5.74) is 2.74. The molecule has 1 aliphatic heterocycles. The first-order valence-corrected chi connectivity index (χ1v) is 13.5. The number of hydrogen-bond acceptors (Lipinski definition) is 3. The highest BCUT2D eigenvalue weighted by atomic mass is 35.5. The standard InChI is InChI=1S/C31H24Cl2F3N3O2/c32-23-11-8-20(27(33)17-23)14-15-37-29(40)21-9-12-24(13-10-21)38-28-25-6-1-2-7-26(25)30(41)39(28)18-19-4-3-5-22(16-19)31(34,35)36/h1-13,16-17,28,38H,14-15,18H2,(H,37,40). The number of amides is 2. The monoisotopic (exact) mass is 597 g/mol. The highest BCUT2D eigenvalue weighted by Crippen LogP contribution is 2.36. The predicted molar refractivity (Wildman–Crippen MR) is 153 cm³/mol. The summed E-state index contributed by atoms with van der Waals surface area (Å²) in [7, 11) is 0. The van der Waals surface area contributed by atoms with Crippen LogP contribution in [0.1, 0.15) is 49.1 Å². The molecule has 2 amide bonds. The van der Waals surface area contributed by atoms with Gasteiger partial charge in [0.1, 0.15) is 6.17 Å². The highest BCUT2D eigenvalue weighted by Gasteiger charge is 2.37. The molecule has 41 heavy (non-hydrogen) atoms. The molecule has 0 saturated carbocycles. The van der Waals surface area contributed by atoms with Crippen molar-refractivity contribution in [1.82, 2.24) is 10.2 Å². The van der Waals surface area contributed by atoms with Crippen molar-refractivity contribution < 1.29 is 22.8 Å². The molecule has 1 unspecified atom stereocenters. The van der Waals surface area contributed by atoms with Crippen LogP contribution in [0, 0.1) is 0 Å². The summed E-state index contributed by atoms with van der Waals surface area (Å²) in [5, 5.41) is 7.26. The molecule has 1 heterocycles. The summed E-state index contributed by atoms with van der Waals surface area (Å²) in [6, 6.07) is 24.0. The summed E-state index contributed by atoms with van der Waals surface area (Å²) in [4.78, 5) is 27.4. The lowest BCUT2D eigenvalue weighted by Crippen LogP contribution is -2.32. The van der Waals surface area contributed by atoms with Gasteiger partial charge in [-0.25, -0.2) is 0 Å². The van der Waals surface area contributed by atoms with Gasteiger partial charge in [0.05, 0.1) is 5.56 Å². The van der Waals surface area contributed by atoms with Crippen LogP contribution in [-0.4, -0.2) is 23.3 Å². The Morgan fingerprint density at radius 2 is 1.66 bits per heavy atom. The Hall–Kier alpha value is -4.01. The van der Waals surface area contributed by atoms with Crippen molar-refractivity contribution in [2.24, 2.45) is 0 Å². The van der Waals surface area contributed by atoms with Crippen molar-refractivity contribution in [2.45, 2.75) is 25.3 Å². The van der Waals surface area contributed by atoms with E-state index in [-0.39, 0.29) is 18.4 Å². The predicted octanol–water partition coefficient (Wildman–Crippen LogP) is 7.75. The lowest BCUT2D eigenvalue weighted by Gasteiger charge is -2.27. The minimum Gasteiger partial charge on any atom is -0.361 e. The van der Waals surface area contributed by atoms with Crippen LogP contribution in [0.4, 0.5) is 18.9 Å². The molecule has 4 aromatic carbocycles. The molecule has 10 heteroatoms. The Balaban J connectivity index is 1.28. The number of alkyl halides is 3. The molecule has 2 N–H and O–H groups in total. The summed E-state index contributed by atoms with van der Waals surface area (Å²) in [5.74, 6) is -0.540. The number of nitrogens with one attached hydrogen (secondary N) is 2. The Bertz CT molecular complexity index is 1590. The summed E-state index contributed by atoms with van der Waals surface area (Å²) in [6.07, 6.45) is -4.56. The van der Waals surface area contributed by atoms with Gasteiger partial charge in [-0.15, -0.1) is 0 Å². The average molecular weight is 598 g/mol. The normalized spacial score (nSPS) is 14.6. The number of rotatable bonds is 8. The number of carbonyl (C=O) groups excluding carboxylic acids is 2. The lowest BCUT2D eigenvalue weighted by atomic mass is 10.1. The lowest BCUT2D eigenvalue weighted by molar-refractivity contribution is -0.137. The molecule has 0 radical (unpaired) electrons. The van der Waals surface area contributed by atoms with Crippen molar-refractivity contribution in [3.05, 3.63) is 134 Å². The fourth-order valence-corrected chi connectivity index (χ4v) is 5.25. The smallest absolute Gasteiger partial charge is 0.361 e. The molecule has 4 aromatic rings. The van der Waals surface area contributed by atoms with Crippen molar-refractivity contribution in [3.8, 4) is 0 Å². The van der Waals surface area contributed by atoms with Gasteiger partial charge in [-0.1, -0.05) is 59.6 Å². The quantitative estimate of drug-likeness (QED) is 0.218. The molecule has 5 rings (SSSR count). The second-order valence-electron chi connectivity index (χ2n) is 9.58. The van der Waals surface area contributed by atoms with Crippen LogP contribution in [0.15, 0.2) is 91.0 Å². The number of anilines is 1. The number of fused-ring (bicyclic) bond motifs is 1. The minimum absolute atomic E-state index is 0.0206. The Morgan fingerprint density at radius 1 is 0.902 bits per heavy atom. The first-order valence-electron chi connectivity index (χ1n) is 12.7. The van der Waals surface area contributed by atoms with Gasteiger partial charge in [0, 0.05) is 45.5 Å². The van der Waals surface area contributed by atoms with Gasteiger partial charge in [-0.3, -0.25) is 9.59 Å². The van der Waals surface area contributed by atoms with E-state index in [1.165, 1.54) is 11.0 Å². The molecular formula is C31H24Cl2F3N3O2. The van der Waals surface area contributed by atoms with Gasteiger partial charge in [0.15, 0.2) is 0 Å². The van der Waals surface area contributed by atoms with E-state index in [9.17, 15) is 22.8 Å². The molecule has 0 aromatic heterocycles. The first kappa shape index (κ1) is 28.5. The van der Waals surface area contributed by atoms with E-state index in [2.05, 4.69) is 10.6 Å². The second-order valence-corrected chi connectivity index (χ2v) is 10.4. The molecule has 210 valence electrons. The fraction of sp³-hybridized carbons (Fsp3) is 0.161. The molecule has 1 atom stereocenters. The van der Waals surface area contributed by atoms with E-state index in [1.807, 2.05) is 12.1 Å². The fourth-order valence-electron chi connectivity index (χ4n) is 4.74. The van der Waals surface area contributed by atoms with Crippen LogP contribution in [-0.2, 0) is 19.1 Å². The molecule has 0 spiro atoms. The second kappa shape index (κ2) is 11.8. The van der Waals surface area contributed by atoms with Gasteiger partial charge >= 0.3 is 6.18 Å². The number of benzene rings is 4. The maximum absolute atomic E-state index is 13.3. The Kier molecular flexibility index (Phi) is 8.24. The van der Waals surface area contributed by atoms with Crippen molar-refractivity contribution >= 4 is 40.7 Å². The average Bonchev–Trinajstić information content (AvgIpc) is 3.20. The Labute approximate surface area is 244 Å². The molecule has 0 fully saturated rings. The third kappa shape index (κ3) is 6.50. The molecule has 0 saturated heterocycles. The molecule has 1 aliphatic rings. The van der Waals surface area contributed by atoms with Crippen LogP contribution in [0.5, 0.6) is 0 Å². The van der Waals surface area contributed by atoms with Crippen molar-refractivity contribution in [1.29, 1.82) is 0 Å². The first-order chi connectivity index (χ1) is 19.6. The van der Waals surface area contributed by atoms with Gasteiger partial charge in [0.2, 0.25) is 0 Å². The highest BCUT2D eigenvalue weighted by molar-refractivity contribution is 6.35. The van der Waals surface area contributed by atoms with E-state index >= 15 is 0 Å². The van der Waals surface area contributed by atoms with E-state index in [4.69, 9.17) is 23.2 Å². The summed E-state index contributed by atoms with van der Waals surface area (Å²) in [6.45, 7) is 0.360. The van der Waals surface area contributed by atoms with Crippen molar-refractivity contribution in [3.63, 3.8) is 0 Å². The van der Waals surface area contributed by atoms with Gasteiger partial charge in [-0.05, 0) is 72.1 Å². The van der Waals surface area contributed by atoms with Crippen LogP contribution >= 0.6 is 23.2 Å².